The van der Waals surface area contributed by atoms with E-state index >= 15 is 0 Å². The van der Waals surface area contributed by atoms with Crippen LogP contribution in [0, 0.1) is 6.92 Å². The first-order valence-corrected chi connectivity index (χ1v) is 7.75. The van der Waals surface area contributed by atoms with Crippen LogP contribution < -0.4 is 0 Å². The van der Waals surface area contributed by atoms with Gasteiger partial charge in [0.15, 0.2) is 0 Å². The lowest BCUT2D eigenvalue weighted by Crippen LogP contribution is -1.81. The molecular formula is C16H11N5OS. The van der Waals surface area contributed by atoms with Gasteiger partial charge >= 0.3 is 0 Å². The number of hydrogen-bond acceptors (Lipinski definition) is 7. The zero-order chi connectivity index (χ0) is 15.6. The van der Waals surface area contributed by atoms with Gasteiger partial charge in [0.05, 0.1) is 5.69 Å². The van der Waals surface area contributed by atoms with Gasteiger partial charge in [-0.05, 0) is 31.2 Å². The molecule has 112 valence electrons. The Morgan fingerprint density at radius 1 is 0.957 bits per heavy atom. The van der Waals surface area contributed by atoms with Crippen molar-refractivity contribution in [3.05, 3.63) is 54.7 Å². The second kappa shape index (κ2) is 5.69. The normalized spacial score (nSPS) is 10.8. The summed E-state index contributed by atoms with van der Waals surface area (Å²) in [5, 5.41) is 4.92. The van der Waals surface area contributed by atoms with E-state index in [1.54, 1.807) is 24.8 Å². The van der Waals surface area contributed by atoms with Crippen LogP contribution in [-0.4, -0.2) is 25.1 Å². The maximum atomic E-state index is 5.41. The van der Waals surface area contributed by atoms with E-state index in [2.05, 4.69) is 25.1 Å². The molecule has 0 fully saturated rings. The molecule has 0 radical (unpaired) electrons. The smallest absolute Gasteiger partial charge is 0.270 e. The molecule has 4 aromatic rings. The molecule has 0 aliphatic carbocycles. The number of aromatic nitrogens is 5. The number of aryl methyl sites for hydroxylation is 1. The third-order valence-corrected chi connectivity index (χ3v) is 4.46. The highest BCUT2D eigenvalue weighted by molar-refractivity contribution is 7.18. The highest BCUT2D eigenvalue weighted by Crippen LogP contribution is 2.34. The fourth-order valence-corrected chi connectivity index (χ4v) is 3.12. The van der Waals surface area contributed by atoms with Crippen LogP contribution >= 0.6 is 11.3 Å². The van der Waals surface area contributed by atoms with Crippen molar-refractivity contribution in [3.8, 4) is 32.7 Å². The van der Waals surface area contributed by atoms with Crippen molar-refractivity contribution in [1.29, 1.82) is 0 Å². The Hall–Kier alpha value is -2.93. The first-order chi connectivity index (χ1) is 11.3. The summed E-state index contributed by atoms with van der Waals surface area (Å²) in [5.41, 5.74) is 2.70. The minimum absolute atomic E-state index is 0.474. The molecule has 4 heterocycles. The summed E-state index contributed by atoms with van der Waals surface area (Å²) in [6, 6.07) is 7.55. The summed E-state index contributed by atoms with van der Waals surface area (Å²) in [4.78, 5) is 18.0. The average Bonchev–Trinajstić information content (AvgIpc) is 3.23. The number of rotatable bonds is 3. The Kier molecular flexibility index (Phi) is 3.39. The fourth-order valence-electron chi connectivity index (χ4n) is 2.14. The predicted molar refractivity (Wildman–Crippen MR) is 86.6 cm³/mol. The molecule has 0 N–H and O–H groups in total. The molecule has 0 atom stereocenters. The molecule has 0 saturated heterocycles. The Balaban J connectivity index is 1.72. The molecule has 0 bridgehead atoms. The highest BCUT2D eigenvalue weighted by atomic mass is 32.1. The molecule has 0 saturated carbocycles. The second-order valence-corrected chi connectivity index (χ2v) is 5.83. The Bertz CT molecular complexity index is 934. The Morgan fingerprint density at radius 3 is 2.61 bits per heavy atom. The number of thiazole rings is 1. The summed E-state index contributed by atoms with van der Waals surface area (Å²) in [6.07, 6.45) is 6.93. The summed E-state index contributed by atoms with van der Waals surface area (Å²) in [5.74, 6) is 1.01. The van der Waals surface area contributed by atoms with Gasteiger partial charge in [-0.15, -0.1) is 11.3 Å². The molecule has 4 rings (SSSR count). The maximum absolute atomic E-state index is 5.41. The lowest BCUT2D eigenvalue weighted by atomic mass is 10.2. The van der Waals surface area contributed by atoms with Crippen molar-refractivity contribution in [3.63, 3.8) is 0 Å². The third kappa shape index (κ3) is 2.62. The van der Waals surface area contributed by atoms with Gasteiger partial charge in [-0.3, -0.25) is 9.97 Å². The lowest BCUT2D eigenvalue weighted by molar-refractivity contribution is 0.433. The van der Waals surface area contributed by atoms with Crippen LogP contribution in [0.15, 0.2) is 53.6 Å². The van der Waals surface area contributed by atoms with E-state index in [1.807, 2.05) is 31.2 Å². The third-order valence-electron chi connectivity index (χ3n) is 3.26. The Labute approximate surface area is 135 Å². The van der Waals surface area contributed by atoms with Crippen molar-refractivity contribution in [1.82, 2.24) is 25.1 Å². The van der Waals surface area contributed by atoms with Crippen LogP contribution in [0.4, 0.5) is 0 Å². The van der Waals surface area contributed by atoms with Gasteiger partial charge in [-0.2, -0.15) is 4.98 Å². The predicted octanol–water partition coefficient (Wildman–Crippen LogP) is 3.63. The molecule has 4 aromatic heterocycles. The van der Waals surface area contributed by atoms with Crippen LogP contribution in [-0.2, 0) is 0 Å². The van der Waals surface area contributed by atoms with E-state index in [-0.39, 0.29) is 0 Å². The molecule has 0 aromatic carbocycles. The van der Waals surface area contributed by atoms with Gasteiger partial charge in [-0.1, -0.05) is 5.16 Å². The van der Waals surface area contributed by atoms with Gasteiger partial charge in [-0.25, -0.2) is 4.98 Å². The van der Waals surface area contributed by atoms with Gasteiger partial charge in [0.1, 0.15) is 9.88 Å². The number of pyridine rings is 2. The van der Waals surface area contributed by atoms with E-state index in [0.29, 0.717) is 11.7 Å². The highest BCUT2D eigenvalue weighted by Gasteiger charge is 2.17. The van der Waals surface area contributed by atoms with Gasteiger partial charge in [0.25, 0.3) is 5.89 Å². The summed E-state index contributed by atoms with van der Waals surface area (Å²) in [7, 11) is 0. The van der Waals surface area contributed by atoms with Crippen LogP contribution in [0.25, 0.3) is 32.7 Å². The molecule has 0 spiro atoms. The standard InChI is InChI=1S/C16H11N5OS/c1-10-13(23-16(19-10)12-3-2-6-18-9-12)15-20-14(21-22-15)11-4-7-17-8-5-11/h2-9H,1H3. The van der Waals surface area contributed by atoms with E-state index in [4.69, 9.17) is 4.52 Å². The molecular weight excluding hydrogens is 310 g/mol. The van der Waals surface area contributed by atoms with Crippen molar-refractivity contribution < 1.29 is 4.52 Å². The second-order valence-electron chi connectivity index (χ2n) is 4.83. The number of hydrogen-bond donors (Lipinski definition) is 0. The maximum Gasteiger partial charge on any atom is 0.270 e. The largest absolute Gasteiger partial charge is 0.333 e. The molecule has 0 amide bonds. The van der Waals surface area contributed by atoms with Crippen LogP contribution in [0.2, 0.25) is 0 Å². The van der Waals surface area contributed by atoms with Gasteiger partial charge < -0.3 is 4.52 Å². The lowest BCUT2D eigenvalue weighted by Gasteiger charge is -1.91. The average molecular weight is 321 g/mol. The van der Waals surface area contributed by atoms with Crippen LogP contribution in [0.3, 0.4) is 0 Å². The van der Waals surface area contributed by atoms with E-state index in [9.17, 15) is 0 Å². The van der Waals surface area contributed by atoms with Crippen molar-refractivity contribution >= 4 is 11.3 Å². The zero-order valence-corrected chi connectivity index (χ0v) is 13.0. The summed E-state index contributed by atoms with van der Waals surface area (Å²) < 4.78 is 5.41. The monoisotopic (exact) mass is 321 g/mol. The first kappa shape index (κ1) is 13.7. The van der Waals surface area contributed by atoms with E-state index in [1.165, 1.54) is 11.3 Å². The SMILES string of the molecule is Cc1nc(-c2cccnc2)sc1-c1nc(-c2ccncc2)no1. The summed E-state index contributed by atoms with van der Waals surface area (Å²) in [6.45, 7) is 1.93. The Morgan fingerprint density at radius 2 is 1.83 bits per heavy atom. The van der Waals surface area contributed by atoms with Gasteiger partial charge in [0.2, 0.25) is 5.82 Å². The molecule has 0 unspecified atom stereocenters. The molecule has 6 nitrogen and oxygen atoms in total. The van der Waals surface area contributed by atoms with Crippen LogP contribution in [0.1, 0.15) is 5.69 Å². The van der Waals surface area contributed by atoms with Crippen molar-refractivity contribution in [2.45, 2.75) is 6.92 Å². The van der Waals surface area contributed by atoms with E-state index < -0.39 is 0 Å². The molecule has 0 aliphatic rings. The van der Waals surface area contributed by atoms with E-state index in [0.717, 1.165) is 26.7 Å². The molecule has 23 heavy (non-hydrogen) atoms. The van der Waals surface area contributed by atoms with Crippen LogP contribution in [0.5, 0.6) is 0 Å². The van der Waals surface area contributed by atoms with Crippen molar-refractivity contribution in [2.24, 2.45) is 0 Å². The quantitative estimate of drug-likeness (QED) is 0.573. The van der Waals surface area contributed by atoms with Crippen molar-refractivity contribution in [2.75, 3.05) is 0 Å². The fraction of sp³-hybridized carbons (Fsp3) is 0.0625. The molecule has 7 heteroatoms. The number of nitrogens with zero attached hydrogens (tertiary/aromatic N) is 5. The zero-order valence-electron chi connectivity index (χ0n) is 12.2. The van der Waals surface area contributed by atoms with Gasteiger partial charge in [0, 0.05) is 35.9 Å². The summed E-state index contributed by atoms with van der Waals surface area (Å²) >= 11 is 1.51. The molecule has 0 aliphatic heterocycles. The minimum atomic E-state index is 0.474. The topological polar surface area (TPSA) is 77.6 Å². The first-order valence-electron chi connectivity index (χ1n) is 6.93. The minimum Gasteiger partial charge on any atom is -0.333 e.